The smallest absolute Gasteiger partial charge is 0.348 e. The Morgan fingerprint density at radius 2 is 1.11 bits per heavy atom. The predicted molar refractivity (Wildman–Crippen MR) is 156 cm³/mol. The number of carbonyl (C=O) groups excluding carboxylic acids is 2. The number of aromatic hydroxyl groups is 3. The normalized spacial score (nSPS) is 14.5. The number of hydrogen-bond donors (Lipinski definition) is 3. The summed E-state index contributed by atoms with van der Waals surface area (Å²) in [5, 5.41) is 30.3. The molecule has 1 aliphatic rings. The van der Waals surface area contributed by atoms with Crippen LogP contribution >= 0.6 is 95.6 Å². The van der Waals surface area contributed by atoms with Gasteiger partial charge in [-0.2, -0.15) is 0 Å². The Morgan fingerprint density at radius 3 is 1.58 bits per heavy atom. The van der Waals surface area contributed by atoms with Crippen LogP contribution in [0.4, 0.5) is 0 Å². The number of rotatable bonds is 4. The molecule has 0 spiro atoms. The van der Waals surface area contributed by atoms with Crippen molar-refractivity contribution in [1.29, 1.82) is 0 Å². The molecule has 0 unspecified atom stereocenters. The van der Waals surface area contributed by atoms with E-state index >= 15 is 0 Å². The maximum atomic E-state index is 13.6. The number of phenols is 3. The van der Waals surface area contributed by atoms with E-state index in [1.54, 1.807) is 30.3 Å². The van der Waals surface area contributed by atoms with E-state index in [1.165, 1.54) is 12.1 Å². The summed E-state index contributed by atoms with van der Waals surface area (Å²) in [6.07, 6.45) is 1.56. The van der Waals surface area contributed by atoms with E-state index in [4.69, 9.17) is 4.74 Å². The topological polar surface area (TPSA) is 104 Å². The fraction of sp³-hybridized carbons (Fsp3) is 0. The van der Waals surface area contributed by atoms with Crippen molar-refractivity contribution in [1.82, 2.24) is 0 Å². The number of carbonyl (C=O) groups is 2. The molecule has 3 N–H and O–H groups in total. The minimum atomic E-state index is -0.862. The summed E-state index contributed by atoms with van der Waals surface area (Å²) >= 11 is 19.5. The summed E-state index contributed by atoms with van der Waals surface area (Å²) in [4.78, 5) is 26.7. The van der Waals surface area contributed by atoms with Gasteiger partial charge in [-0.05, 0) is 149 Å². The Labute approximate surface area is 254 Å². The van der Waals surface area contributed by atoms with E-state index in [0.717, 1.165) is 0 Å². The van der Waals surface area contributed by atoms with Gasteiger partial charge in [-0.15, -0.1) is 0 Å². The summed E-state index contributed by atoms with van der Waals surface area (Å²) in [6.45, 7) is 0. The molecule has 0 radical (unpaired) electrons. The molecule has 0 saturated heterocycles. The van der Waals surface area contributed by atoms with Crippen molar-refractivity contribution in [2.45, 2.75) is 0 Å². The Morgan fingerprint density at radius 1 is 0.694 bits per heavy atom. The number of Topliss-reactive ketones (excluding diaryl/α,β-unsaturated/α-hetero) is 1. The van der Waals surface area contributed by atoms with Gasteiger partial charge in [0.05, 0.1) is 26.8 Å². The molecule has 0 fully saturated rings. The SMILES string of the molecule is O=C1O/C(=C\c2cc(Br)c(O)c(Br)c2)C(c2cc(Br)c(O)c(Br)c2)=C1C(=O)c1cc(Br)c(O)c(Br)c1. The van der Waals surface area contributed by atoms with Gasteiger partial charge in [0.2, 0.25) is 5.78 Å². The van der Waals surface area contributed by atoms with Crippen LogP contribution in [0.3, 0.4) is 0 Å². The summed E-state index contributed by atoms with van der Waals surface area (Å²) in [7, 11) is 0. The maximum Gasteiger partial charge on any atom is 0.348 e. The van der Waals surface area contributed by atoms with Gasteiger partial charge in [0.1, 0.15) is 28.6 Å². The molecule has 6 nitrogen and oxygen atoms in total. The van der Waals surface area contributed by atoms with Crippen molar-refractivity contribution in [2.24, 2.45) is 0 Å². The van der Waals surface area contributed by atoms with Crippen molar-refractivity contribution in [3.63, 3.8) is 0 Å². The van der Waals surface area contributed by atoms with Crippen molar-refractivity contribution in [3.8, 4) is 17.2 Å². The van der Waals surface area contributed by atoms with Crippen molar-refractivity contribution in [3.05, 3.63) is 91.3 Å². The second-order valence-electron chi connectivity index (χ2n) is 7.39. The van der Waals surface area contributed by atoms with E-state index in [0.29, 0.717) is 29.0 Å². The molecule has 1 heterocycles. The van der Waals surface area contributed by atoms with E-state index in [9.17, 15) is 24.9 Å². The molecule has 3 aromatic carbocycles. The zero-order valence-electron chi connectivity index (χ0n) is 17.4. The second-order valence-corrected chi connectivity index (χ2v) is 12.5. The van der Waals surface area contributed by atoms with Crippen molar-refractivity contribution < 1.29 is 29.6 Å². The first-order valence-corrected chi connectivity index (χ1v) is 14.4. The van der Waals surface area contributed by atoms with Crippen molar-refractivity contribution in [2.75, 3.05) is 0 Å². The van der Waals surface area contributed by atoms with Crippen molar-refractivity contribution >= 4 is 119 Å². The van der Waals surface area contributed by atoms with E-state index < -0.39 is 11.8 Å². The van der Waals surface area contributed by atoms with Crippen LogP contribution in [-0.4, -0.2) is 27.1 Å². The third-order valence-corrected chi connectivity index (χ3v) is 8.68. The molecule has 0 aromatic heterocycles. The number of cyclic esters (lactones) is 1. The first-order chi connectivity index (χ1) is 16.9. The summed E-state index contributed by atoms with van der Waals surface area (Å²) in [6, 6.07) is 9.16. The second kappa shape index (κ2) is 10.7. The number of benzene rings is 3. The third-order valence-electron chi connectivity index (χ3n) is 5.05. The minimum Gasteiger partial charge on any atom is -0.506 e. The van der Waals surface area contributed by atoms with Crippen LogP contribution in [0.2, 0.25) is 0 Å². The molecule has 12 heteroatoms. The Hall–Kier alpha value is -1.44. The molecule has 0 aliphatic carbocycles. The first kappa shape index (κ1) is 27.6. The molecule has 3 aromatic rings. The average Bonchev–Trinajstić information content (AvgIpc) is 3.13. The highest BCUT2D eigenvalue weighted by Crippen LogP contribution is 2.44. The number of hydrogen-bond acceptors (Lipinski definition) is 6. The molecule has 36 heavy (non-hydrogen) atoms. The first-order valence-electron chi connectivity index (χ1n) is 9.66. The third kappa shape index (κ3) is 5.25. The van der Waals surface area contributed by atoms with Crippen LogP contribution in [-0.2, 0) is 9.53 Å². The molecule has 0 saturated carbocycles. The molecule has 184 valence electrons. The van der Waals surface area contributed by atoms with E-state index in [1.807, 2.05) is 0 Å². The molecule has 1 aliphatic heterocycles. The van der Waals surface area contributed by atoms with Crippen LogP contribution in [0.15, 0.2) is 74.6 Å². The molecule has 0 bridgehead atoms. The van der Waals surface area contributed by atoms with Crippen LogP contribution in [0, 0.1) is 0 Å². The lowest BCUT2D eigenvalue weighted by atomic mass is 9.93. The highest BCUT2D eigenvalue weighted by atomic mass is 79.9. The zero-order chi connectivity index (χ0) is 26.5. The molecule has 4 rings (SSSR count). The largest absolute Gasteiger partial charge is 0.506 e. The predicted octanol–water partition coefficient (Wildman–Crippen LogP) is 8.61. The number of ether oxygens (including phenoxy) is 1. The molecular weight excluding hydrogens is 864 g/mol. The number of halogens is 6. The summed E-state index contributed by atoms with van der Waals surface area (Å²) in [5.41, 5.74) is 1.08. The van der Waals surface area contributed by atoms with E-state index in [2.05, 4.69) is 95.6 Å². The Balaban J connectivity index is 1.99. The number of ketones is 1. The summed E-state index contributed by atoms with van der Waals surface area (Å²) < 4.78 is 7.56. The highest BCUT2D eigenvalue weighted by molar-refractivity contribution is 9.11. The molecule has 0 atom stereocenters. The summed E-state index contributed by atoms with van der Waals surface area (Å²) in [5.74, 6) is -1.55. The van der Waals surface area contributed by atoms with Crippen LogP contribution < -0.4 is 0 Å². The quantitative estimate of drug-likeness (QED) is 0.138. The van der Waals surface area contributed by atoms with Gasteiger partial charge >= 0.3 is 5.97 Å². The van der Waals surface area contributed by atoms with Gasteiger partial charge in [0.25, 0.3) is 0 Å². The Kier molecular flexibility index (Phi) is 8.23. The van der Waals surface area contributed by atoms with Gasteiger partial charge in [-0.25, -0.2) is 4.79 Å². The minimum absolute atomic E-state index is 0.00192. The van der Waals surface area contributed by atoms with Gasteiger partial charge in [-0.1, -0.05) is 0 Å². The van der Waals surface area contributed by atoms with Gasteiger partial charge in [0, 0.05) is 11.1 Å². The van der Waals surface area contributed by atoms with Gasteiger partial charge in [0.15, 0.2) is 0 Å². The zero-order valence-corrected chi connectivity index (χ0v) is 26.9. The lowest BCUT2D eigenvalue weighted by Crippen LogP contribution is -2.11. The standard InChI is InChI=1S/C24H10Br6O6/c25-11-1-8(2-12(26)21(11)32)3-17-18(9-4-13(27)22(33)14(28)5-9)19(24(35)36-17)20(31)10-6-15(29)23(34)16(30)7-10/h1-7,32-34H/b17-3-. The number of allylic oxidation sites excluding steroid dienone is 1. The lowest BCUT2D eigenvalue weighted by molar-refractivity contribution is -0.132. The molecule has 0 amide bonds. The van der Waals surface area contributed by atoms with Crippen LogP contribution in [0.25, 0.3) is 11.6 Å². The number of esters is 1. The fourth-order valence-electron chi connectivity index (χ4n) is 3.39. The number of phenolic OH excluding ortho intramolecular Hbond substituents is 3. The average molecular weight is 874 g/mol. The van der Waals surface area contributed by atoms with Gasteiger partial charge < -0.3 is 20.1 Å². The highest BCUT2D eigenvalue weighted by Gasteiger charge is 2.37. The fourth-order valence-corrected chi connectivity index (χ4v) is 6.99. The lowest BCUT2D eigenvalue weighted by Gasteiger charge is -2.10. The Bertz CT molecular complexity index is 1470. The monoisotopic (exact) mass is 868 g/mol. The maximum absolute atomic E-state index is 13.6. The van der Waals surface area contributed by atoms with Crippen LogP contribution in [0.1, 0.15) is 21.5 Å². The van der Waals surface area contributed by atoms with Crippen LogP contribution in [0.5, 0.6) is 17.2 Å². The van der Waals surface area contributed by atoms with E-state index in [-0.39, 0.29) is 48.7 Å². The molecular formula is C24H10Br6O6. The van der Waals surface area contributed by atoms with Gasteiger partial charge in [-0.3, -0.25) is 4.79 Å².